The first kappa shape index (κ1) is 22.4. The van der Waals surface area contributed by atoms with Crippen LogP contribution in [0.15, 0.2) is 55.2 Å². The van der Waals surface area contributed by atoms with Crippen LogP contribution < -0.4 is 15.0 Å². The minimum absolute atomic E-state index is 0.125. The third kappa shape index (κ3) is 4.64. The smallest absolute Gasteiger partial charge is 0.420 e. The van der Waals surface area contributed by atoms with Crippen LogP contribution in [0.5, 0.6) is 5.75 Å². The van der Waals surface area contributed by atoms with Gasteiger partial charge in [0.1, 0.15) is 17.9 Å². The number of ether oxygens (including phenoxy) is 1. The van der Waals surface area contributed by atoms with Crippen molar-refractivity contribution in [3.63, 3.8) is 0 Å². The van der Waals surface area contributed by atoms with Crippen LogP contribution in [0.1, 0.15) is 10.4 Å². The monoisotopic (exact) mass is 486 g/mol. The molecule has 0 aliphatic carbocycles. The van der Waals surface area contributed by atoms with Crippen LogP contribution in [0.2, 0.25) is 0 Å². The van der Waals surface area contributed by atoms with Gasteiger partial charge in [-0.2, -0.15) is 0 Å². The summed E-state index contributed by atoms with van der Waals surface area (Å²) in [6.07, 6.45) is 6.35. The van der Waals surface area contributed by atoms with Crippen molar-refractivity contribution < 1.29 is 18.3 Å². The van der Waals surface area contributed by atoms with Crippen molar-refractivity contribution in [3.05, 3.63) is 60.8 Å². The second-order valence-corrected chi connectivity index (χ2v) is 9.22. The first-order chi connectivity index (χ1) is 16.2. The van der Waals surface area contributed by atoms with Gasteiger partial charge in [-0.25, -0.2) is 15.0 Å². The summed E-state index contributed by atoms with van der Waals surface area (Å²) >= 11 is 4.77. The van der Waals surface area contributed by atoms with Gasteiger partial charge < -0.3 is 19.9 Å². The fourth-order valence-corrected chi connectivity index (χ4v) is 4.73. The summed E-state index contributed by atoms with van der Waals surface area (Å²) < 4.78 is 29.8. The number of carbonyl (C=O) groups excluding carboxylic acids is 1. The molecule has 8 nitrogen and oxygen atoms in total. The molecule has 1 aromatic carbocycles. The van der Waals surface area contributed by atoms with Crippen molar-refractivity contribution in [2.75, 3.05) is 43.4 Å². The van der Waals surface area contributed by atoms with Gasteiger partial charge in [0.2, 0.25) is 0 Å². The van der Waals surface area contributed by atoms with Gasteiger partial charge in [-0.05, 0) is 37.4 Å². The van der Waals surface area contributed by atoms with E-state index in [0.29, 0.717) is 16.7 Å². The zero-order valence-electron chi connectivity index (χ0n) is 18.2. The van der Waals surface area contributed by atoms with E-state index < -0.39 is 11.5 Å². The van der Waals surface area contributed by atoms with Crippen molar-refractivity contribution in [1.29, 1.82) is 0 Å². The summed E-state index contributed by atoms with van der Waals surface area (Å²) in [6, 6.07) is 7.23. The molecule has 0 saturated carbocycles. The number of nitrogens with one attached hydrogen (secondary N) is 1. The third-order valence-corrected chi connectivity index (χ3v) is 5.99. The predicted molar refractivity (Wildman–Crippen MR) is 123 cm³/mol. The van der Waals surface area contributed by atoms with E-state index in [4.69, 9.17) is 11.6 Å². The molecule has 0 bridgehead atoms. The molecule has 176 valence electrons. The van der Waals surface area contributed by atoms with Gasteiger partial charge in [0.25, 0.3) is 5.91 Å². The van der Waals surface area contributed by atoms with E-state index >= 15 is 0 Å². The minimum atomic E-state index is -3.81. The maximum Gasteiger partial charge on any atom is 0.487 e. The Hall–Kier alpha value is -3.37. The normalized spacial score (nSPS) is 17.1. The highest BCUT2D eigenvalue weighted by Gasteiger charge is 2.51. The standard InChI is InChI=1S/C23H21ClF2N6O2/c1-31-10-22(11-31)12-32(13-22)20-19(16-7-27-14-28-8-16)6-15(9-29-20)21(33)30-17-2-4-18(5-3-17)34-23(24,25)26/h2-9,14H,10-13H2,1H3,(H,30,33). The van der Waals surface area contributed by atoms with E-state index in [2.05, 4.69) is 41.9 Å². The highest BCUT2D eigenvalue weighted by molar-refractivity contribution is 6.20. The van der Waals surface area contributed by atoms with Gasteiger partial charge in [0.05, 0.1) is 5.56 Å². The number of benzene rings is 1. The number of pyridine rings is 1. The largest absolute Gasteiger partial charge is 0.487 e. The lowest BCUT2D eigenvalue weighted by atomic mass is 9.73. The van der Waals surface area contributed by atoms with E-state index in [1.54, 1.807) is 18.5 Å². The quantitative estimate of drug-likeness (QED) is 0.532. The fourth-order valence-electron chi connectivity index (χ4n) is 4.64. The first-order valence-electron chi connectivity index (χ1n) is 10.6. The predicted octanol–water partition coefficient (Wildman–Crippen LogP) is 3.71. The summed E-state index contributed by atoms with van der Waals surface area (Å²) in [6.45, 7) is 3.96. The van der Waals surface area contributed by atoms with Crippen LogP contribution in [-0.2, 0) is 0 Å². The summed E-state index contributed by atoms with van der Waals surface area (Å²) in [7, 11) is 2.11. The summed E-state index contributed by atoms with van der Waals surface area (Å²) in [5, 5.41) is 2.73. The molecule has 34 heavy (non-hydrogen) atoms. The molecule has 0 atom stereocenters. The molecule has 1 N–H and O–H groups in total. The van der Waals surface area contributed by atoms with Crippen molar-refractivity contribution in [2.45, 2.75) is 5.57 Å². The Morgan fingerprint density at radius 3 is 2.41 bits per heavy atom. The number of likely N-dealkylation sites (tertiary alicyclic amines) is 1. The molecular weight excluding hydrogens is 466 g/mol. The van der Waals surface area contributed by atoms with Crippen LogP contribution >= 0.6 is 11.6 Å². The van der Waals surface area contributed by atoms with Crippen LogP contribution in [0.25, 0.3) is 11.1 Å². The zero-order chi connectivity index (χ0) is 23.9. The van der Waals surface area contributed by atoms with Crippen LogP contribution in [0.4, 0.5) is 20.3 Å². The molecule has 2 saturated heterocycles. The fraction of sp³-hybridized carbons (Fsp3) is 0.304. The highest BCUT2D eigenvalue weighted by Crippen LogP contribution is 2.43. The highest BCUT2D eigenvalue weighted by atomic mass is 35.5. The Kier molecular flexibility index (Phi) is 5.57. The zero-order valence-corrected chi connectivity index (χ0v) is 19.0. The maximum absolute atomic E-state index is 12.9. The average Bonchev–Trinajstić information content (AvgIpc) is 2.76. The van der Waals surface area contributed by atoms with Gasteiger partial charge in [-0.1, -0.05) is 0 Å². The van der Waals surface area contributed by atoms with Crippen LogP contribution in [0.3, 0.4) is 0 Å². The number of amides is 1. The Labute approximate surface area is 199 Å². The lowest BCUT2D eigenvalue weighted by molar-refractivity contribution is -0.0964. The number of halogens is 3. The Bertz CT molecular complexity index is 1190. The molecule has 5 rings (SSSR count). The molecule has 0 radical (unpaired) electrons. The number of hydrogen-bond donors (Lipinski definition) is 1. The number of carbonyl (C=O) groups is 1. The van der Waals surface area contributed by atoms with Crippen molar-refractivity contribution in [2.24, 2.45) is 5.41 Å². The van der Waals surface area contributed by atoms with Crippen LogP contribution in [-0.4, -0.2) is 64.6 Å². The summed E-state index contributed by atoms with van der Waals surface area (Å²) in [4.78, 5) is 30.2. The van der Waals surface area contributed by atoms with Crippen molar-refractivity contribution >= 4 is 29.0 Å². The lowest BCUT2D eigenvalue weighted by Gasteiger charge is -2.60. The van der Waals surface area contributed by atoms with E-state index in [1.165, 1.54) is 36.8 Å². The molecule has 3 aromatic rings. The van der Waals surface area contributed by atoms with Gasteiger partial charge in [-0.3, -0.25) is 4.79 Å². The second kappa shape index (κ2) is 8.44. The van der Waals surface area contributed by atoms with Crippen LogP contribution in [0, 0.1) is 5.41 Å². The Morgan fingerprint density at radius 2 is 1.79 bits per heavy atom. The van der Waals surface area contributed by atoms with E-state index in [-0.39, 0.29) is 5.75 Å². The molecule has 1 spiro atoms. The van der Waals surface area contributed by atoms with Gasteiger partial charge in [-0.15, -0.1) is 8.78 Å². The Morgan fingerprint density at radius 1 is 1.12 bits per heavy atom. The van der Waals surface area contributed by atoms with E-state index in [1.807, 2.05) is 0 Å². The van der Waals surface area contributed by atoms with Gasteiger partial charge >= 0.3 is 5.57 Å². The second-order valence-electron chi connectivity index (χ2n) is 8.78. The average molecular weight is 487 g/mol. The third-order valence-electron chi connectivity index (χ3n) is 5.91. The molecule has 2 fully saturated rings. The minimum Gasteiger partial charge on any atom is -0.420 e. The molecule has 0 unspecified atom stereocenters. The lowest BCUT2D eigenvalue weighted by Crippen LogP contribution is -2.71. The number of anilines is 2. The first-order valence-corrected chi connectivity index (χ1v) is 10.9. The summed E-state index contributed by atoms with van der Waals surface area (Å²) in [5.74, 6) is 0.268. The Balaban J connectivity index is 1.35. The molecule has 2 aromatic heterocycles. The van der Waals surface area contributed by atoms with E-state index in [0.717, 1.165) is 43.1 Å². The molecule has 2 aliphatic heterocycles. The number of hydrogen-bond acceptors (Lipinski definition) is 7. The number of alkyl halides is 3. The van der Waals surface area contributed by atoms with E-state index in [9.17, 15) is 13.6 Å². The molecular formula is C23H21ClF2N6O2. The molecule has 4 heterocycles. The number of nitrogens with zero attached hydrogens (tertiary/aromatic N) is 5. The van der Waals surface area contributed by atoms with Crippen molar-refractivity contribution in [3.8, 4) is 16.9 Å². The molecule has 2 aliphatic rings. The molecule has 11 heteroatoms. The topological polar surface area (TPSA) is 83.5 Å². The maximum atomic E-state index is 12.9. The van der Waals surface area contributed by atoms with Gasteiger partial charge in [0.15, 0.2) is 0 Å². The van der Waals surface area contributed by atoms with Gasteiger partial charge in [0, 0.05) is 78.6 Å². The SMILES string of the molecule is CN1CC2(C1)CN(c1ncc(C(=O)Nc3ccc(OC(F)(F)Cl)cc3)cc1-c1cncnc1)C2. The number of aromatic nitrogens is 3. The van der Waals surface area contributed by atoms with Crippen molar-refractivity contribution in [1.82, 2.24) is 19.9 Å². The summed E-state index contributed by atoms with van der Waals surface area (Å²) in [5.41, 5.74) is -1.21. The molecule has 1 amide bonds. The number of rotatable bonds is 6.